The van der Waals surface area contributed by atoms with E-state index in [1.807, 2.05) is 6.08 Å². The van der Waals surface area contributed by atoms with Gasteiger partial charge in [0.2, 0.25) is 0 Å². The first-order valence-corrected chi connectivity index (χ1v) is 8.01. The van der Waals surface area contributed by atoms with Crippen LogP contribution in [-0.2, 0) is 5.41 Å². The minimum Gasteiger partial charge on any atom is -0.0847 e. The zero-order valence-electron chi connectivity index (χ0n) is 12.5. The fourth-order valence-electron chi connectivity index (χ4n) is 3.44. The highest BCUT2D eigenvalue weighted by molar-refractivity contribution is 6.31. The number of rotatable bonds is 1. The molecule has 0 radical (unpaired) electrons. The number of fused-ring (bicyclic) bond motifs is 3. The average Bonchev–Trinajstić information content (AvgIpc) is 2.57. The molecule has 1 unspecified atom stereocenters. The Balaban J connectivity index is 2.07. The minimum atomic E-state index is -0.0119. The summed E-state index contributed by atoms with van der Waals surface area (Å²) in [5.74, 6) is 0. The van der Waals surface area contributed by atoms with Crippen LogP contribution >= 0.6 is 11.6 Å². The van der Waals surface area contributed by atoms with Gasteiger partial charge in [-0.15, -0.1) is 0 Å². The summed E-state index contributed by atoms with van der Waals surface area (Å²) in [7, 11) is 0. The van der Waals surface area contributed by atoms with Crippen molar-refractivity contribution in [1.29, 1.82) is 0 Å². The van der Waals surface area contributed by atoms with Crippen LogP contribution in [0.25, 0.3) is 21.5 Å². The van der Waals surface area contributed by atoms with E-state index in [2.05, 4.69) is 73.7 Å². The van der Waals surface area contributed by atoms with Crippen LogP contribution in [0.5, 0.6) is 0 Å². The van der Waals surface area contributed by atoms with Gasteiger partial charge in [-0.2, -0.15) is 0 Å². The second-order valence-electron chi connectivity index (χ2n) is 6.23. The van der Waals surface area contributed by atoms with E-state index < -0.39 is 0 Å². The van der Waals surface area contributed by atoms with E-state index in [0.717, 1.165) is 11.5 Å². The quantitative estimate of drug-likeness (QED) is 0.461. The van der Waals surface area contributed by atoms with Gasteiger partial charge in [-0.3, -0.25) is 0 Å². The second kappa shape index (κ2) is 5.00. The Labute approximate surface area is 135 Å². The molecule has 3 aromatic carbocycles. The van der Waals surface area contributed by atoms with Crippen LogP contribution in [0.1, 0.15) is 18.9 Å². The van der Waals surface area contributed by atoms with E-state index >= 15 is 0 Å². The molecule has 1 aliphatic carbocycles. The Morgan fingerprint density at radius 1 is 0.909 bits per heavy atom. The van der Waals surface area contributed by atoms with Gasteiger partial charge in [-0.1, -0.05) is 79.2 Å². The minimum absolute atomic E-state index is 0.0119. The SMILES string of the molecule is CC1(c2cc3ccccc3c3ccccc23)C=CC(Cl)=CC1. The molecular weight excluding hydrogens is 288 g/mol. The molecule has 1 aliphatic rings. The van der Waals surface area contributed by atoms with Gasteiger partial charge in [0.15, 0.2) is 0 Å². The van der Waals surface area contributed by atoms with Crippen LogP contribution in [0.15, 0.2) is 77.9 Å². The summed E-state index contributed by atoms with van der Waals surface area (Å²) in [6.07, 6.45) is 7.32. The average molecular weight is 305 g/mol. The highest BCUT2D eigenvalue weighted by Gasteiger charge is 2.27. The van der Waals surface area contributed by atoms with Gasteiger partial charge < -0.3 is 0 Å². The van der Waals surface area contributed by atoms with Crippen molar-refractivity contribution in [3.63, 3.8) is 0 Å². The predicted molar refractivity (Wildman–Crippen MR) is 96.5 cm³/mol. The third-order valence-corrected chi connectivity index (χ3v) is 5.00. The second-order valence-corrected chi connectivity index (χ2v) is 6.67. The number of hydrogen-bond acceptors (Lipinski definition) is 0. The number of hydrogen-bond donors (Lipinski definition) is 0. The Hall–Kier alpha value is -2.05. The molecule has 4 rings (SSSR count). The van der Waals surface area contributed by atoms with Crippen LogP contribution in [-0.4, -0.2) is 0 Å². The number of halogens is 1. The molecule has 0 spiro atoms. The first-order valence-electron chi connectivity index (χ1n) is 7.63. The first-order chi connectivity index (χ1) is 10.7. The summed E-state index contributed by atoms with van der Waals surface area (Å²) in [6, 6.07) is 19.7. The molecule has 0 N–H and O–H groups in total. The molecule has 0 saturated carbocycles. The van der Waals surface area contributed by atoms with Gasteiger partial charge in [0.25, 0.3) is 0 Å². The monoisotopic (exact) mass is 304 g/mol. The van der Waals surface area contributed by atoms with Crippen LogP contribution in [0.2, 0.25) is 0 Å². The molecule has 0 aromatic heterocycles. The Bertz CT molecular complexity index is 933. The highest BCUT2D eigenvalue weighted by atomic mass is 35.5. The third-order valence-electron chi connectivity index (χ3n) is 4.71. The largest absolute Gasteiger partial charge is 0.0847 e. The zero-order valence-corrected chi connectivity index (χ0v) is 13.3. The number of benzene rings is 3. The molecule has 108 valence electrons. The molecule has 0 nitrogen and oxygen atoms in total. The third kappa shape index (κ3) is 2.07. The standard InChI is InChI=1S/C21H17Cl/c1-21(12-10-16(22)11-13-21)20-14-15-6-2-3-7-17(15)18-8-4-5-9-19(18)20/h2-12,14H,13H2,1H3. The molecule has 0 heterocycles. The number of allylic oxidation sites excluding steroid dienone is 4. The van der Waals surface area contributed by atoms with Crippen LogP contribution < -0.4 is 0 Å². The van der Waals surface area contributed by atoms with Crippen molar-refractivity contribution in [3.8, 4) is 0 Å². The van der Waals surface area contributed by atoms with Crippen molar-refractivity contribution in [2.75, 3.05) is 0 Å². The van der Waals surface area contributed by atoms with Crippen LogP contribution in [0.4, 0.5) is 0 Å². The van der Waals surface area contributed by atoms with Crippen molar-refractivity contribution in [3.05, 3.63) is 83.4 Å². The smallest absolute Gasteiger partial charge is 0.0363 e. The molecule has 0 saturated heterocycles. The van der Waals surface area contributed by atoms with Gasteiger partial charge >= 0.3 is 0 Å². The highest BCUT2D eigenvalue weighted by Crippen LogP contribution is 2.40. The fourth-order valence-corrected chi connectivity index (χ4v) is 3.58. The van der Waals surface area contributed by atoms with E-state index in [9.17, 15) is 0 Å². The molecule has 0 fully saturated rings. The van der Waals surface area contributed by atoms with E-state index in [4.69, 9.17) is 11.6 Å². The fraction of sp³-hybridized carbons (Fsp3) is 0.143. The molecule has 1 atom stereocenters. The summed E-state index contributed by atoms with van der Waals surface area (Å²) in [5.41, 5.74) is 1.36. The molecule has 3 aromatic rings. The van der Waals surface area contributed by atoms with E-state index in [1.165, 1.54) is 27.1 Å². The van der Waals surface area contributed by atoms with Gasteiger partial charge in [-0.05, 0) is 45.7 Å². The Morgan fingerprint density at radius 3 is 2.32 bits per heavy atom. The Kier molecular flexibility index (Phi) is 3.09. The molecule has 1 heteroatoms. The lowest BCUT2D eigenvalue weighted by molar-refractivity contribution is 0.605. The van der Waals surface area contributed by atoms with E-state index in [1.54, 1.807) is 0 Å². The summed E-state index contributed by atoms with van der Waals surface area (Å²) >= 11 is 6.12. The maximum Gasteiger partial charge on any atom is 0.0363 e. The van der Waals surface area contributed by atoms with Gasteiger partial charge in [0, 0.05) is 10.4 Å². The van der Waals surface area contributed by atoms with Gasteiger partial charge in [0.05, 0.1) is 0 Å². The molecular formula is C21H17Cl. The van der Waals surface area contributed by atoms with Gasteiger partial charge in [0.1, 0.15) is 0 Å². The lowest BCUT2D eigenvalue weighted by Gasteiger charge is -2.30. The maximum absolute atomic E-state index is 6.12. The molecule has 0 bridgehead atoms. The van der Waals surface area contributed by atoms with E-state index in [0.29, 0.717) is 0 Å². The lowest BCUT2D eigenvalue weighted by Crippen LogP contribution is -2.20. The zero-order chi connectivity index (χ0) is 15.2. The Morgan fingerprint density at radius 2 is 1.59 bits per heavy atom. The summed E-state index contributed by atoms with van der Waals surface area (Å²) in [5, 5.41) is 6.11. The maximum atomic E-state index is 6.12. The van der Waals surface area contributed by atoms with Crippen molar-refractivity contribution in [2.24, 2.45) is 0 Å². The van der Waals surface area contributed by atoms with Gasteiger partial charge in [-0.25, -0.2) is 0 Å². The van der Waals surface area contributed by atoms with Crippen LogP contribution in [0.3, 0.4) is 0 Å². The van der Waals surface area contributed by atoms with Crippen molar-refractivity contribution >= 4 is 33.1 Å². The summed E-state index contributed by atoms with van der Waals surface area (Å²) in [4.78, 5) is 0. The van der Waals surface area contributed by atoms with Crippen LogP contribution in [0, 0.1) is 0 Å². The molecule has 22 heavy (non-hydrogen) atoms. The summed E-state index contributed by atoms with van der Waals surface area (Å²) < 4.78 is 0. The van der Waals surface area contributed by atoms with Crippen molar-refractivity contribution in [1.82, 2.24) is 0 Å². The first kappa shape index (κ1) is 13.6. The predicted octanol–water partition coefficient (Wildman–Crippen LogP) is 6.33. The topological polar surface area (TPSA) is 0 Å². The molecule has 0 amide bonds. The van der Waals surface area contributed by atoms with Crippen molar-refractivity contribution in [2.45, 2.75) is 18.8 Å². The summed E-state index contributed by atoms with van der Waals surface area (Å²) in [6.45, 7) is 2.29. The van der Waals surface area contributed by atoms with Crippen molar-refractivity contribution < 1.29 is 0 Å². The normalized spacial score (nSPS) is 21.3. The lowest BCUT2D eigenvalue weighted by atomic mass is 9.74. The van der Waals surface area contributed by atoms with E-state index in [-0.39, 0.29) is 5.41 Å². The molecule has 0 aliphatic heterocycles.